The summed E-state index contributed by atoms with van der Waals surface area (Å²) in [5.41, 5.74) is 2.49. The fraction of sp³-hybridized carbons (Fsp3) is 0.0435. The van der Waals surface area contributed by atoms with Crippen LogP contribution in [0.4, 0.5) is 4.39 Å². The van der Waals surface area contributed by atoms with E-state index in [-0.39, 0.29) is 5.82 Å². The molecule has 0 fully saturated rings. The molecule has 3 nitrogen and oxygen atoms in total. The normalized spacial score (nSPS) is 13.5. The van der Waals surface area contributed by atoms with Crippen molar-refractivity contribution in [2.75, 3.05) is 0 Å². The molecular formula is C23H16FN3S. The second-order valence-corrected chi connectivity index (χ2v) is 7.65. The van der Waals surface area contributed by atoms with E-state index in [1.165, 1.54) is 17.0 Å². The van der Waals surface area contributed by atoms with Gasteiger partial charge in [0.2, 0.25) is 5.95 Å². The zero-order valence-corrected chi connectivity index (χ0v) is 15.7. The van der Waals surface area contributed by atoms with Crippen molar-refractivity contribution in [3.8, 4) is 27.8 Å². The molecule has 3 heterocycles. The van der Waals surface area contributed by atoms with Crippen LogP contribution in [0.3, 0.4) is 0 Å². The Balaban J connectivity index is 1.61. The van der Waals surface area contributed by atoms with Crippen molar-refractivity contribution < 1.29 is 4.39 Å². The highest BCUT2D eigenvalue weighted by atomic mass is 32.1. The third-order valence-electron chi connectivity index (χ3n) is 4.65. The van der Waals surface area contributed by atoms with Crippen LogP contribution in [0, 0.1) is 5.82 Å². The molecule has 4 aromatic rings. The fourth-order valence-corrected chi connectivity index (χ4v) is 4.23. The van der Waals surface area contributed by atoms with Gasteiger partial charge in [-0.25, -0.2) is 14.4 Å². The Hall–Kier alpha value is -3.31. The highest BCUT2D eigenvalue weighted by molar-refractivity contribution is 7.15. The van der Waals surface area contributed by atoms with Gasteiger partial charge in [-0.1, -0.05) is 24.3 Å². The van der Waals surface area contributed by atoms with Crippen molar-refractivity contribution in [3.63, 3.8) is 0 Å². The third-order valence-corrected chi connectivity index (χ3v) is 5.85. The van der Waals surface area contributed by atoms with Gasteiger partial charge in [-0.3, -0.25) is 4.57 Å². The summed E-state index contributed by atoms with van der Waals surface area (Å²) in [4.78, 5) is 11.8. The van der Waals surface area contributed by atoms with Crippen molar-refractivity contribution in [3.05, 3.63) is 102 Å². The number of halogens is 1. The molecule has 5 rings (SSSR count). The van der Waals surface area contributed by atoms with Crippen LogP contribution in [0.1, 0.15) is 10.8 Å². The van der Waals surface area contributed by atoms with E-state index in [9.17, 15) is 4.39 Å². The van der Waals surface area contributed by atoms with Gasteiger partial charge < -0.3 is 0 Å². The van der Waals surface area contributed by atoms with Gasteiger partial charge in [-0.05, 0) is 54.6 Å². The lowest BCUT2D eigenvalue weighted by Crippen LogP contribution is -2.01. The Morgan fingerprint density at radius 2 is 1.57 bits per heavy atom. The minimum Gasteiger partial charge on any atom is -0.293 e. The van der Waals surface area contributed by atoms with Gasteiger partial charge in [0.1, 0.15) is 5.82 Å². The number of thiophene rings is 1. The Labute approximate surface area is 166 Å². The monoisotopic (exact) mass is 385 g/mol. The van der Waals surface area contributed by atoms with Crippen molar-refractivity contribution in [1.82, 2.24) is 14.5 Å². The lowest BCUT2D eigenvalue weighted by molar-refractivity contribution is 0.628. The molecule has 0 spiro atoms. The first-order valence-electron chi connectivity index (χ1n) is 9.00. The average Bonchev–Trinajstić information content (AvgIpc) is 3.50. The molecule has 0 bridgehead atoms. The first-order chi connectivity index (χ1) is 13.8. The number of hydrogen-bond acceptors (Lipinski definition) is 3. The molecule has 136 valence electrons. The maximum atomic E-state index is 13.4. The van der Waals surface area contributed by atoms with Crippen molar-refractivity contribution in [1.29, 1.82) is 0 Å². The summed E-state index contributed by atoms with van der Waals surface area (Å²) in [6.07, 6.45) is 12.4. The molecular weight excluding hydrogens is 369 g/mol. The Bertz CT molecular complexity index is 1160. The average molecular weight is 385 g/mol. The lowest BCUT2D eigenvalue weighted by Gasteiger charge is -2.08. The van der Waals surface area contributed by atoms with E-state index in [0.29, 0.717) is 11.9 Å². The van der Waals surface area contributed by atoms with Crippen molar-refractivity contribution in [2.24, 2.45) is 0 Å². The first kappa shape index (κ1) is 16.8. The second kappa shape index (κ2) is 7.02. The summed E-state index contributed by atoms with van der Waals surface area (Å²) in [6, 6.07) is 16.5. The van der Waals surface area contributed by atoms with Crippen LogP contribution in [0.25, 0.3) is 27.8 Å². The molecule has 1 aliphatic rings. The van der Waals surface area contributed by atoms with Crippen LogP contribution in [-0.4, -0.2) is 14.5 Å². The van der Waals surface area contributed by atoms with Crippen LogP contribution in [0.2, 0.25) is 0 Å². The summed E-state index contributed by atoms with van der Waals surface area (Å²) in [6.45, 7) is 0. The maximum Gasteiger partial charge on any atom is 0.234 e. The van der Waals surface area contributed by atoms with Crippen LogP contribution in [0.5, 0.6) is 0 Å². The highest BCUT2D eigenvalue weighted by Gasteiger charge is 2.14. The molecule has 0 amide bonds. The summed E-state index contributed by atoms with van der Waals surface area (Å²) in [5, 5.41) is 0. The zero-order chi connectivity index (χ0) is 18.9. The fourth-order valence-electron chi connectivity index (χ4n) is 3.20. The zero-order valence-electron chi connectivity index (χ0n) is 14.9. The molecule has 3 aromatic heterocycles. The van der Waals surface area contributed by atoms with Crippen molar-refractivity contribution in [2.45, 2.75) is 5.92 Å². The number of rotatable bonds is 4. The smallest absolute Gasteiger partial charge is 0.234 e. The molecule has 0 saturated heterocycles. The number of allylic oxidation sites excluding steroid dienone is 4. The summed E-state index contributed by atoms with van der Waals surface area (Å²) in [7, 11) is 0. The number of hydrogen-bond donors (Lipinski definition) is 0. The SMILES string of the molecule is Fc1ccc(-c2cc(-c3ccc(C4C=CC=C4)s3)nc(-n3cccc3)n2)cc1. The summed E-state index contributed by atoms with van der Waals surface area (Å²) < 4.78 is 15.2. The van der Waals surface area contributed by atoms with E-state index in [1.807, 2.05) is 35.2 Å². The molecule has 5 heteroatoms. The molecule has 0 aliphatic heterocycles. The minimum absolute atomic E-state index is 0.260. The van der Waals surface area contributed by atoms with Gasteiger partial charge in [0.25, 0.3) is 0 Å². The lowest BCUT2D eigenvalue weighted by atomic mass is 10.1. The molecule has 1 aliphatic carbocycles. The topological polar surface area (TPSA) is 30.7 Å². The van der Waals surface area contributed by atoms with Crippen LogP contribution in [0.15, 0.2) is 91.3 Å². The van der Waals surface area contributed by atoms with Gasteiger partial charge in [0.15, 0.2) is 0 Å². The number of benzene rings is 1. The predicted molar refractivity (Wildman–Crippen MR) is 111 cm³/mol. The van der Waals surface area contributed by atoms with Gasteiger partial charge in [0.05, 0.1) is 16.3 Å². The van der Waals surface area contributed by atoms with E-state index >= 15 is 0 Å². The van der Waals surface area contributed by atoms with Gasteiger partial charge in [-0.15, -0.1) is 11.3 Å². The molecule has 0 radical (unpaired) electrons. The molecule has 1 aromatic carbocycles. The summed E-state index contributed by atoms with van der Waals surface area (Å²) >= 11 is 1.73. The van der Waals surface area contributed by atoms with Gasteiger partial charge in [0, 0.05) is 28.8 Å². The van der Waals surface area contributed by atoms with Gasteiger partial charge in [-0.2, -0.15) is 0 Å². The van der Waals surface area contributed by atoms with Crippen LogP contribution >= 0.6 is 11.3 Å². The molecule has 0 atom stereocenters. The third kappa shape index (κ3) is 3.21. The quantitative estimate of drug-likeness (QED) is 0.431. The minimum atomic E-state index is -0.260. The van der Waals surface area contributed by atoms with E-state index in [1.54, 1.807) is 23.5 Å². The van der Waals surface area contributed by atoms with E-state index in [2.05, 4.69) is 36.4 Å². The first-order valence-corrected chi connectivity index (χ1v) is 9.81. The largest absolute Gasteiger partial charge is 0.293 e. The predicted octanol–water partition coefficient (Wildman–Crippen LogP) is 6.01. The molecule has 0 saturated carbocycles. The maximum absolute atomic E-state index is 13.4. The van der Waals surface area contributed by atoms with E-state index in [0.717, 1.165) is 21.8 Å². The van der Waals surface area contributed by atoms with Crippen LogP contribution in [-0.2, 0) is 0 Å². The van der Waals surface area contributed by atoms with Crippen molar-refractivity contribution >= 4 is 11.3 Å². The molecule has 0 unspecified atom stereocenters. The molecule has 0 N–H and O–H groups in total. The van der Waals surface area contributed by atoms with E-state index in [4.69, 9.17) is 9.97 Å². The Morgan fingerprint density at radius 1 is 0.857 bits per heavy atom. The Morgan fingerprint density at radius 3 is 2.32 bits per heavy atom. The highest BCUT2D eigenvalue weighted by Crippen LogP contribution is 2.35. The second-order valence-electron chi connectivity index (χ2n) is 6.53. The Kier molecular flexibility index (Phi) is 4.22. The van der Waals surface area contributed by atoms with Gasteiger partial charge >= 0.3 is 0 Å². The molecule has 28 heavy (non-hydrogen) atoms. The van der Waals surface area contributed by atoms with E-state index < -0.39 is 0 Å². The van der Waals surface area contributed by atoms with Crippen LogP contribution < -0.4 is 0 Å². The standard InChI is InChI=1S/C23H16FN3S/c24-18-9-7-16(8-10-18)19-15-20(26-23(25-19)27-13-3-4-14-27)22-12-11-21(28-22)17-5-1-2-6-17/h1-15,17H. The number of aromatic nitrogens is 3. The number of nitrogens with zero attached hydrogens (tertiary/aromatic N) is 3. The summed E-state index contributed by atoms with van der Waals surface area (Å²) in [5.74, 6) is 0.669.